The lowest BCUT2D eigenvalue weighted by Crippen LogP contribution is -2.06. The summed E-state index contributed by atoms with van der Waals surface area (Å²) in [7, 11) is 0. The van der Waals surface area contributed by atoms with Gasteiger partial charge in [0.05, 0.1) is 0 Å². The molecule has 0 amide bonds. The molecule has 1 aromatic rings. The lowest BCUT2D eigenvalue weighted by atomic mass is 10.2. The number of halogens is 3. The number of nitrogens with zero attached hydrogens (tertiary/aromatic N) is 1. The van der Waals surface area contributed by atoms with Crippen molar-refractivity contribution in [2.45, 2.75) is 6.18 Å². The first-order valence-electron chi connectivity index (χ1n) is 3.00. The predicted octanol–water partition coefficient (Wildman–Crippen LogP) is 1.99. The predicted molar refractivity (Wildman–Crippen MR) is 35.4 cm³/mol. The molecule has 2 nitrogen and oxygen atoms in total. The minimum absolute atomic E-state index is 0.0977. The number of aromatic hydroxyl groups is 1. The van der Waals surface area contributed by atoms with Gasteiger partial charge in [0.15, 0.2) is 0 Å². The van der Waals surface area contributed by atoms with E-state index in [0.717, 1.165) is 12.1 Å². The fourth-order valence-corrected chi connectivity index (χ4v) is 0.709. The van der Waals surface area contributed by atoms with Gasteiger partial charge in [0.2, 0.25) is 5.88 Å². The molecule has 0 saturated carbocycles. The van der Waals surface area contributed by atoms with E-state index < -0.39 is 17.6 Å². The first kappa shape index (κ1) is 8.83. The summed E-state index contributed by atoms with van der Waals surface area (Å²) in [6, 6.07) is 1.83. The molecule has 1 heterocycles. The average Bonchev–Trinajstić information content (AvgIpc) is 1.83. The summed E-state index contributed by atoms with van der Waals surface area (Å²) >= 11 is 0. The number of rotatable bonds is 0. The van der Waals surface area contributed by atoms with E-state index in [1.165, 1.54) is 0 Å². The second-order valence-corrected chi connectivity index (χ2v) is 2.17. The van der Waals surface area contributed by atoms with Crippen LogP contribution in [0.4, 0.5) is 13.2 Å². The quantitative estimate of drug-likeness (QED) is 0.655. The van der Waals surface area contributed by atoms with E-state index in [9.17, 15) is 13.2 Å². The van der Waals surface area contributed by atoms with Gasteiger partial charge < -0.3 is 5.11 Å². The Morgan fingerprint density at radius 3 is 2.33 bits per heavy atom. The van der Waals surface area contributed by atoms with Crippen LogP contribution < -0.4 is 0 Å². The highest BCUT2D eigenvalue weighted by Crippen LogP contribution is 2.34. The Morgan fingerprint density at radius 1 is 1.33 bits per heavy atom. The van der Waals surface area contributed by atoms with Crippen molar-refractivity contribution >= 4 is 0 Å². The summed E-state index contributed by atoms with van der Waals surface area (Å²) in [4.78, 5) is 3.16. The smallest absolute Gasteiger partial charge is 0.421 e. The van der Waals surface area contributed by atoms with Gasteiger partial charge in [0, 0.05) is 5.69 Å². The molecule has 0 bridgehead atoms. The topological polar surface area (TPSA) is 33.1 Å². The van der Waals surface area contributed by atoms with Gasteiger partial charge in [-0.25, -0.2) is 4.98 Å². The van der Waals surface area contributed by atoms with Crippen LogP contribution in [-0.4, -0.2) is 10.1 Å². The van der Waals surface area contributed by atoms with Crippen molar-refractivity contribution in [1.82, 2.24) is 4.98 Å². The van der Waals surface area contributed by atoms with Crippen molar-refractivity contribution < 1.29 is 18.3 Å². The molecule has 0 aliphatic heterocycles. The van der Waals surface area contributed by atoms with Crippen LogP contribution in [0.5, 0.6) is 5.88 Å². The number of pyridine rings is 1. The summed E-state index contributed by atoms with van der Waals surface area (Å²) in [6.45, 7) is 3.27. The molecule has 0 atom stereocenters. The third kappa shape index (κ3) is 1.66. The second kappa shape index (κ2) is 2.66. The van der Waals surface area contributed by atoms with Crippen LogP contribution in [0.2, 0.25) is 0 Å². The molecule has 0 aromatic carbocycles. The van der Waals surface area contributed by atoms with E-state index in [0.29, 0.717) is 0 Å². The first-order valence-corrected chi connectivity index (χ1v) is 3.00. The van der Waals surface area contributed by atoms with Crippen LogP contribution in [-0.2, 0) is 6.18 Å². The maximum atomic E-state index is 12.0. The molecule has 0 aliphatic rings. The molecular formula is C7H5F3NO. The van der Waals surface area contributed by atoms with E-state index in [4.69, 9.17) is 5.11 Å². The van der Waals surface area contributed by atoms with E-state index in [1.807, 2.05) is 0 Å². The fraction of sp³-hybridized carbons (Fsp3) is 0.143. The Hall–Kier alpha value is -1.26. The highest BCUT2D eigenvalue weighted by atomic mass is 19.4. The lowest BCUT2D eigenvalue weighted by Gasteiger charge is -2.07. The molecule has 1 rings (SSSR count). The van der Waals surface area contributed by atoms with Gasteiger partial charge in [-0.05, 0) is 19.1 Å². The van der Waals surface area contributed by atoms with Gasteiger partial charge in [-0.2, -0.15) is 13.2 Å². The normalized spacial score (nSPS) is 11.7. The molecule has 0 aliphatic carbocycles. The Bertz CT molecular complexity index is 295. The molecule has 1 aromatic heterocycles. The van der Waals surface area contributed by atoms with Gasteiger partial charge in [0.25, 0.3) is 0 Å². The molecule has 5 heteroatoms. The Morgan fingerprint density at radius 2 is 1.92 bits per heavy atom. The number of alkyl halides is 3. The van der Waals surface area contributed by atoms with E-state index in [2.05, 4.69) is 11.9 Å². The van der Waals surface area contributed by atoms with Crippen molar-refractivity contribution in [1.29, 1.82) is 0 Å². The van der Waals surface area contributed by atoms with Gasteiger partial charge in [-0.15, -0.1) is 0 Å². The minimum atomic E-state index is -4.56. The summed E-state index contributed by atoms with van der Waals surface area (Å²) in [5.74, 6) is -1.03. The summed E-state index contributed by atoms with van der Waals surface area (Å²) in [5, 5.41) is 8.76. The Labute approximate surface area is 66.7 Å². The summed E-state index contributed by atoms with van der Waals surface area (Å²) < 4.78 is 35.9. The van der Waals surface area contributed by atoms with Crippen LogP contribution in [0.1, 0.15) is 11.3 Å². The zero-order chi connectivity index (χ0) is 9.35. The fourth-order valence-electron chi connectivity index (χ4n) is 0.709. The lowest BCUT2D eigenvalue weighted by molar-refractivity contribution is -0.139. The molecule has 0 fully saturated rings. The average molecular weight is 176 g/mol. The van der Waals surface area contributed by atoms with Gasteiger partial charge in [-0.1, -0.05) is 0 Å². The first-order chi connectivity index (χ1) is 5.41. The Balaban J connectivity index is 3.19. The van der Waals surface area contributed by atoms with Crippen LogP contribution in [0, 0.1) is 6.92 Å². The molecule has 1 N–H and O–H groups in total. The summed E-state index contributed by atoms with van der Waals surface area (Å²) in [6.07, 6.45) is -4.56. The molecule has 12 heavy (non-hydrogen) atoms. The van der Waals surface area contributed by atoms with Crippen molar-refractivity contribution in [2.24, 2.45) is 0 Å². The molecular weight excluding hydrogens is 171 g/mol. The number of hydrogen-bond donors (Lipinski definition) is 1. The van der Waals surface area contributed by atoms with Gasteiger partial charge >= 0.3 is 6.18 Å². The number of hydrogen-bond acceptors (Lipinski definition) is 2. The SMILES string of the molecule is [CH2]c1ccc(C(F)(F)F)c(O)n1. The van der Waals surface area contributed by atoms with Crippen molar-refractivity contribution in [2.75, 3.05) is 0 Å². The molecule has 65 valence electrons. The maximum Gasteiger partial charge on any atom is 0.421 e. The molecule has 1 radical (unpaired) electrons. The molecule has 0 unspecified atom stereocenters. The molecule has 0 spiro atoms. The van der Waals surface area contributed by atoms with Crippen molar-refractivity contribution in [3.05, 3.63) is 30.3 Å². The standard InChI is InChI=1S/C7H5F3NO/c1-4-2-3-5(6(12)11-4)7(8,9)10/h2-3H,1H2,(H,11,12). The van der Waals surface area contributed by atoms with Crippen LogP contribution in [0.25, 0.3) is 0 Å². The van der Waals surface area contributed by atoms with Crippen LogP contribution >= 0.6 is 0 Å². The van der Waals surface area contributed by atoms with E-state index in [-0.39, 0.29) is 5.69 Å². The van der Waals surface area contributed by atoms with Gasteiger partial charge in [-0.3, -0.25) is 0 Å². The van der Waals surface area contributed by atoms with E-state index in [1.54, 1.807) is 0 Å². The zero-order valence-corrected chi connectivity index (χ0v) is 5.89. The van der Waals surface area contributed by atoms with Crippen LogP contribution in [0.3, 0.4) is 0 Å². The third-order valence-corrected chi connectivity index (χ3v) is 1.24. The highest BCUT2D eigenvalue weighted by Gasteiger charge is 2.34. The van der Waals surface area contributed by atoms with Crippen molar-refractivity contribution in [3.63, 3.8) is 0 Å². The largest absolute Gasteiger partial charge is 0.493 e. The summed E-state index contributed by atoms with van der Waals surface area (Å²) in [5.41, 5.74) is -1.05. The third-order valence-electron chi connectivity index (χ3n) is 1.24. The van der Waals surface area contributed by atoms with Crippen LogP contribution in [0.15, 0.2) is 12.1 Å². The van der Waals surface area contributed by atoms with E-state index >= 15 is 0 Å². The second-order valence-electron chi connectivity index (χ2n) is 2.17. The van der Waals surface area contributed by atoms with Gasteiger partial charge in [0.1, 0.15) is 5.56 Å². The monoisotopic (exact) mass is 176 g/mol. The highest BCUT2D eigenvalue weighted by molar-refractivity contribution is 5.30. The number of aromatic nitrogens is 1. The molecule has 0 saturated heterocycles. The Kier molecular flexibility index (Phi) is 1.95. The van der Waals surface area contributed by atoms with Crippen molar-refractivity contribution in [3.8, 4) is 5.88 Å². The minimum Gasteiger partial charge on any atom is -0.493 e. The maximum absolute atomic E-state index is 12.0. The zero-order valence-electron chi connectivity index (χ0n) is 5.89.